The van der Waals surface area contributed by atoms with Crippen molar-refractivity contribution in [1.82, 2.24) is 24.6 Å². The summed E-state index contributed by atoms with van der Waals surface area (Å²) in [6.07, 6.45) is 5.08. The van der Waals surface area contributed by atoms with Crippen LogP contribution < -0.4 is 4.90 Å². The van der Waals surface area contributed by atoms with E-state index in [2.05, 4.69) is 24.9 Å². The van der Waals surface area contributed by atoms with Crippen LogP contribution in [0.2, 0.25) is 0 Å². The van der Waals surface area contributed by atoms with Gasteiger partial charge in [0.25, 0.3) is 6.43 Å². The Morgan fingerprint density at radius 3 is 2.52 bits per heavy atom. The molecule has 0 radical (unpaired) electrons. The normalized spacial score (nSPS) is 29.1. The summed E-state index contributed by atoms with van der Waals surface area (Å²) in [6, 6.07) is 0. The second kappa shape index (κ2) is 5.59. The Labute approximate surface area is 144 Å². The quantitative estimate of drug-likeness (QED) is 0.827. The summed E-state index contributed by atoms with van der Waals surface area (Å²) in [6.45, 7) is 4.66. The molecule has 3 saturated carbocycles. The third-order valence-electron chi connectivity index (χ3n) is 6.06. The fourth-order valence-electron chi connectivity index (χ4n) is 4.72. The second-order valence-corrected chi connectivity index (χ2v) is 7.90. The maximum absolute atomic E-state index is 12.7. The van der Waals surface area contributed by atoms with E-state index in [0.29, 0.717) is 16.6 Å². The zero-order chi connectivity index (χ0) is 17.0. The van der Waals surface area contributed by atoms with Gasteiger partial charge in [-0.25, -0.2) is 23.4 Å². The SMILES string of the molecule is FC(F)Cn1ncc2ncc(N3CCN(CC45CC(C4)C5)CC3)nc21. The lowest BCUT2D eigenvalue weighted by Gasteiger charge is -2.63. The number of hydrogen-bond acceptors (Lipinski definition) is 5. The zero-order valence-corrected chi connectivity index (χ0v) is 14.1. The predicted molar refractivity (Wildman–Crippen MR) is 89.8 cm³/mol. The number of hydrogen-bond donors (Lipinski definition) is 0. The molecule has 1 saturated heterocycles. The summed E-state index contributed by atoms with van der Waals surface area (Å²) >= 11 is 0. The van der Waals surface area contributed by atoms with Crippen LogP contribution in [0.3, 0.4) is 0 Å². The van der Waals surface area contributed by atoms with Crippen LogP contribution in [0.25, 0.3) is 11.2 Å². The first kappa shape index (κ1) is 15.4. The van der Waals surface area contributed by atoms with Crippen molar-refractivity contribution < 1.29 is 8.78 Å². The lowest BCUT2D eigenvalue weighted by atomic mass is 9.44. The molecule has 2 bridgehead atoms. The predicted octanol–water partition coefficient (Wildman–Crippen LogP) is 2.01. The molecule has 0 spiro atoms. The summed E-state index contributed by atoms with van der Waals surface area (Å²) in [4.78, 5) is 13.7. The minimum absolute atomic E-state index is 0.439. The van der Waals surface area contributed by atoms with E-state index >= 15 is 0 Å². The molecule has 3 heterocycles. The molecule has 0 atom stereocenters. The standard InChI is InChI=1S/C17H22F2N6/c18-14(19)10-25-16-13(8-21-25)20-9-15(22-16)24-3-1-23(2-4-24)11-17-5-12(6-17)7-17/h8-9,12,14H,1-7,10-11H2. The van der Waals surface area contributed by atoms with Gasteiger partial charge in [-0.3, -0.25) is 4.90 Å². The Bertz CT molecular complexity index is 766. The Hall–Kier alpha value is -1.83. The van der Waals surface area contributed by atoms with Crippen LogP contribution >= 0.6 is 0 Å². The molecule has 0 aromatic carbocycles. The van der Waals surface area contributed by atoms with E-state index in [0.717, 1.165) is 37.9 Å². The third-order valence-corrected chi connectivity index (χ3v) is 6.06. The number of halogens is 2. The van der Waals surface area contributed by atoms with Crippen molar-refractivity contribution >= 4 is 17.0 Å². The van der Waals surface area contributed by atoms with Crippen LogP contribution in [-0.4, -0.2) is 63.8 Å². The van der Waals surface area contributed by atoms with Crippen LogP contribution in [-0.2, 0) is 6.54 Å². The molecule has 1 aliphatic heterocycles. The number of nitrogens with zero attached hydrogens (tertiary/aromatic N) is 6. The number of anilines is 1. The Kier molecular flexibility index (Phi) is 3.45. The fourth-order valence-corrected chi connectivity index (χ4v) is 4.72. The first-order valence-corrected chi connectivity index (χ1v) is 9.04. The Morgan fingerprint density at radius 1 is 1.12 bits per heavy atom. The maximum Gasteiger partial charge on any atom is 0.258 e. The van der Waals surface area contributed by atoms with Gasteiger partial charge in [0, 0.05) is 32.7 Å². The summed E-state index contributed by atoms with van der Waals surface area (Å²) in [5.74, 6) is 1.79. The first-order valence-electron chi connectivity index (χ1n) is 9.04. The molecule has 4 fully saturated rings. The largest absolute Gasteiger partial charge is 0.353 e. The van der Waals surface area contributed by atoms with E-state index in [9.17, 15) is 8.78 Å². The van der Waals surface area contributed by atoms with Crippen molar-refractivity contribution in [2.45, 2.75) is 32.2 Å². The van der Waals surface area contributed by atoms with Gasteiger partial charge in [0.15, 0.2) is 5.65 Å². The van der Waals surface area contributed by atoms with Crippen LogP contribution in [0.4, 0.5) is 14.6 Å². The van der Waals surface area contributed by atoms with Gasteiger partial charge in [-0.15, -0.1) is 0 Å². The zero-order valence-electron chi connectivity index (χ0n) is 14.1. The minimum atomic E-state index is -2.45. The van der Waals surface area contributed by atoms with Crippen LogP contribution in [0.5, 0.6) is 0 Å². The Morgan fingerprint density at radius 2 is 1.88 bits per heavy atom. The van der Waals surface area contributed by atoms with Crippen molar-refractivity contribution in [2.24, 2.45) is 11.3 Å². The average molecular weight is 348 g/mol. The highest BCUT2D eigenvalue weighted by Gasteiger charge is 2.56. The summed E-state index contributed by atoms with van der Waals surface area (Å²) in [5.41, 5.74) is 1.65. The first-order chi connectivity index (χ1) is 12.1. The molecule has 6 rings (SSSR count). The van der Waals surface area contributed by atoms with Gasteiger partial charge in [0.2, 0.25) is 0 Å². The topological polar surface area (TPSA) is 50.1 Å². The molecule has 25 heavy (non-hydrogen) atoms. The maximum atomic E-state index is 12.7. The van der Waals surface area contributed by atoms with Crippen molar-refractivity contribution in [2.75, 3.05) is 37.6 Å². The number of piperazine rings is 1. The van der Waals surface area contributed by atoms with Gasteiger partial charge in [-0.1, -0.05) is 0 Å². The van der Waals surface area contributed by atoms with Crippen LogP contribution in [0, 0.1) is 11.3 Å². The molecule has 0 unspecified atom stereocenters. The van der Waals surface area contributed by atoms with E-state index in [1.165, 1.54) is 36.7 Å². The number of rotatable bonds is 5. The van der Waals surface area contributed by atoms with E-state index < -0.39 is 13.0 Å². The molecule has 3 aliphatic carbocycles. The summed E-state index contributed by atoms with van der Waals surface area (Å²) in [7, 11) is 0. The molecule has 6 nitrogen and oxygen atoms in total. The highest BCUT2D eigenvalue weighted by molar-refractivity contribution is 5.71. The number of aromatic nitrogens is 4. The van der Waals surface area contributed by atoms with Crippen LogP contribution in [0.1, 0.15) is 19.3 Å². The number of fused-ring (bicyclic) bond motifs is 1. The molecule has 4 aliphatic rings. The molecule has 2 aromatic rings. The van der Waals surface area contributed by atoms with E-state index in [1.807, 2.05) is 0 Å². The molecular formula is C17H22F2N6. The number of alkyl halides is 2. The highest BCUT2D eigenvalue weighted by Crippen LogP contribution is 2.64. The minimum Gasteiger partial charge on any atom is -0.353 e. The van der Waals surface area contributed by atoms with Crippen molar-refractivity contribution in [3.8, 4) is 0 Å². The monoisotopic (exact) mass is 348 g/mol. The fraction of sp³-hybridized carbons (Fsp3) is 0.706. The highest BCUT2D eigenvalue weighted by atomic mass is 19.3. The van der Waals surface area contributed by atoms with Gasteiger partial charge in [-0.05, 0) is 30.6 Å². The van der Waals surface area contributed by atoms with Gasteiger partial charge < -0.3 is 4.90 Å². The molecule has 8 heteroatoms. The summed E-state index contributed by atoms with van der Waals surface area (Å²) in [5, 5.41) is 3.98. The van der Waals surface area contributed by atoms with Gasteiger partial charge in [0.05, 0.1) is 12.4 Å². The third kappa shape index (κ3) is 2.67. The summed E-state index contributed by atoms with van der Waals surface area (Å²) < 4.78 is 26.6. The van der Waals surface area contributed by atoms with Gasteiger partial charge in [-0.2, -0.15) is 5.10 Å². The van der Waals surface area contributed by atoms with E-state index in [1.54, 1.807) is 6.20 Å². The van der Waals surface area contributed by atoms with E-state index in [-0.39, 0.29) is 0 Å². The molecule has 0 N–H and O–H groups in total. The van der Waals surface area contributed by atoms with Crippen molar-refractivity contribution in [3.05, 3.63) is 12.4 Å². The lowest BCUT2D eigenvalue weighted by Crippen LogP contribution is -2.60. The smallest absolute Gasteiger partial charge is 0.258 e. The lowest BCUT2D eigenvalue weighted by molar-refractivity contribution is -0.125. The van der Waals surface area contributed by atoms with Crippen molar-refractivity contribution in [3.63, 3.8) is 0 Å². The average Bonchev–Trinajstić information content (AvgIpc) is 2.92. The van der Waals surface area contributed by atoms with Crippen molar-refractivity contribution in [1.29, 1.82) is 0 Å². The van der Waals surface area contributed by atoms with Gasteiger partial charge in [0.1, 0.15) is 17.9 Å². The van der Waals surface area contributed by atoms with E-state index in [4.69, 9.17) is 0 Å². The molecule has 0 amide bonds. The Balaban J connectivity index is 1.27. The second-order valence-electron chi connectivity index (χ2n) is 7.90. The molecule has 134 valence electrons. The molecule has 2 aromatic heterocycles. The molecular weight excluding hydrogens is 326 g/mol. The van der Waals surface area contributed by atoms with Crippen LogP contribution in [0.15, 0.2) is 12.4 Å². The van der Waals surface area contributed by atoms with Gasteiger partial charge >= 0.3 is 0 Å².